The maximum Gasteiger partial charge on any atom is 0.235 e. The molecule has 90 valence electrons. The van der Waals surface area contributed by atoms with Gasteiger partial charge in [0.15, 0.2) is 0 Å². The monoisotopic (exact) mass is 222 g/mol. The zero-order valence-corrected chi connectivity index (χ0v) is 10.9. The van der Waals surface area contributed by atoms with Crippen molar-refractivity contribution in [1.29, 1.82) is 0 Å². The topological polar surface area (TPSA) is 35.0 Å². The Morgan fingerprint density at radius 3 is 2.25 bits per heavy atom. The quantitative estimate of drug-likeness (QED) is 0.768. The molecule has 0 atom stereocenters. The van der Waals surface area contributed by atoms with Crippen LogP contribution in [0.4, 0.5) is 0 Å². The van der Waals surface area contributed by atoms with E-state index in [9.17, 15) is 0 Å². The van der Waals surface area contributed by atoms with E-state index in [1.165, 1.54) is 0 Å². The summed E-state index contributed by atoms with van der Waals surface area (Å²) in [4.78, 5) is 8.95. The first-order chi connectivity index (χ1) is 7.52. The predicted molar refractivity (Wildman–Crippen MR) is 65.7 cm³/mol. The van der Waals surface area contributed by atoms with Gasteiger partial charge in [0, 0.05) is 0 Å². The van der Waals surface area contributed by atoms with Crippen LogP contribution in [0.2, 0.25) is 0 Å². The summed E-state index contributed by atoms with van der Waals surface area (Å²) in [6, 6.07) is 0. The molecule has 0 aliphatic heterocycles. The molecule has 0 spiro atoms. The Bertz CT molecular complexity index is 335. The fourth-order valence-corrected chi connectivity index (χ4v) is 1.66. The summed E-state index contributed by atoms with van der Waals surface area (Å²) in [5, 5.41) is 0. The van der Waals surface area contributed by atoms with Gasteiger partial charge in [0.25, 0.3) is 0 Å². The maximum absolute atomic E-state index is 5.23. The molecule has 0 saturated heterocycles. The molecule has 0 N–H and O–H groups in total. The first-order valence-corrected chi connectivity index (χ1v) is 5.91. The SMILES string of the molecule is COc1ncc(CC(C)C)nc1CC(C)C. The van der Waals surface area contributed by atoms with E-state index >= 15 is 0 Å². The Kier molecular flexibility index (Phi) is 4.71. The lowest BCUT2D eigenvalue weighted by Gasteiger charge is -2.11. The highest BCUT2D eigenvalue weighted by Crippen LogP contribution is 2.17. The van der Waals surface area contributed by atoms with Crippen molar-refractivity contribution in [2.45, 2.75) is 40.5 Å². The lowest BCUT2D eigenvalue weighted by atomic mass is 10.1. The zero-order chi connectivity index (χ0) is 12.1. The number of ether oxygens (including phenoxy) is 1. The van der Waals surface area contributed by atoms with Gasteiger partial charge in [0.1, 0.15) is 5.69 Å². The molecule has 3 nitrogen and oxygen atoms in total. The minimum Gasteiger partial charge on any atom is -0.480 e. The van der Waals surface area contributed by atoms with Gasteiger partial charge in [-0.25, -0.2) is 4.98 Å². The maximum atomic E-state index is 5.23. The van der Waals surface area contributed by atoms with E-state index in [0.717, 1.165) is 24.2 Å². The van der Waals surface area contributed by atoms with Crippen LogP contribution in [0.25, 0.3) is 0 Å². The first kappa shape index (κ1) is 12.9. The van der Waals surface area contributed by atoms with E-state index in [1.807, 2.05) is 6.20 Å². The average Bonchev–Trinajstić information content (AvgIpc) is 2.16. The van der Waals surface area contributed by atoms with Crippen LogP contribution in [0.5, 0.6) is 5.88 Å². The van der Waals surface area contributed by atoms with Crippen LogP contribution in [0.3, 0.4) is 0 Å². The molecule has 1 aromatic rings. The van der Waals surface area contributed by atoms with Crippen LogP contribution in [0, 0.1) is 11.8 Å². The summed E-state index contributed by atoms with van der Waals surface area (Å²) in [6.45, 7) is 8.73. The summed E-state index contributed by atoms with van der Waals surface area (Å²) < 4.78 is 5.23. The molecule has 1 rings (SSSR count). The number of nitrogens with zero attached hydrogens (tertiary/aromatic N) is 2. The van der Waals surface area contributed by atoms with Crippen LogP contribution in [-0.2, 0) is 12.8 Å². The molecule has 0 radical (unpaired) electrons. The van der Waals surface area contributed by atoms with Gasteiger partial charge in [-0.1, -0.05) is 27.7 Å². The fraction of sp³-hybridized carbons (Fsp3) is 0.692. The first-order valence-electron chi connectivity index (χ1n) is 5.91. The Morgan fingerprint density at radius 2 is 1.75 bits per heavy atom. The molecule has 3 heteroatoms. The molecule has 16 heavy (non-hydrogen) atoms. The predicted octanol–water partition coefficient (Wildman–Crippen LogP) is 2.88. The highest BCUT2D eigenvalue weighted by molar-refractivity contribution is 5.20. The van der Waals surface area contributed by atoms with Gasteiger partial charge in [-0.3, -0.25) is 4.98 Å². The van der Waals surface area contributed by atoms with Crippen LogP contribution in [0.1, 0.15) is 39.1 Å². The number of hydrogen-bond donors (Lipinski definition) is 0. The van der Waals surface area contributed by atoms with E-state index in [4.69, 9.17) is 4.74 Å². The van der Waals surface area contributed by atoms with Crippen molar-refractivity contribution < 1.29 is 4.74 Å². The van der Waals surface area contributed by atoms with Crippen molar-refractivity contribution in [1.82, 2.24) is 9.97 Å². The molecule has 0 aliphatic rings. The number of aromatic nitrogens is 2. The number of methoxy groups -OCH3 is 1. The number of hydrogen-bond acceptors (Lipinski definition) is 3. The lowest BCUT2D eigenvalue weighted by Crippen LogP contribution is -2.07. The van der Waals surface area contributed by atoms with E-state index in [0.29, 0.717) is 17.7 Å². The van der Waals surface area contributed by atoms with Crippen LogP contribution < -0.4 is 4.74 Å². The van der Waals surface area contributed by atoms with Crippen molar-refractivity contribution in [2.75, 3.05) is 7.11 Å². The molecule has 0 bridgehead atoms. The highest BCUT2D eigenvalue weighted by atomic mass is 16.5. The van der Waals surface area contributed by atoms with Crippen molar-refractivity contribution in [3.63, 3.8) is 0 Å². The molecule has 0 fully saturated rings. The van der Waals surface area contributed by atoms with Gasteiger partial charge in [-0.15, -0.1) is 0 Å². The Labute approximate surface area is 98.3 Å². The van der Waals surface area contributed by atoms with Crippen LogP contribution >= 0.6 is 0 Å². The van der Waals surface area contributed by atoms with Gasteiger partial charge in [0.2, 0.25) is 5.88 Å². The third kappa shape index (κ3) is 3.80. The van der Waals surface area contributed by atoms with E-state index in [2.05, 4.69) is 37.7 Å². The lowest BCUT2D eigenvalue weighted by molar-refractivity contribution is 0.384. The molecule has 0 amide bonds. The molecule has 1 heterocycles. The van der Waals surface area contributed by atoms with E-state index in [1.54, 1.807) is 7.11 Å². The molecular weight excluding hydrogens is 200 g/mol. The van der Waals surface area contributed by atoms with Crippen molar-refractivity contribution >= 4 is 0 Å². The molecule has 0 saturated carbocycles. The van der Waals surface area contributed by atoms with Gasteiger partial charge < -0.3 is 4.74 Å². The second kappa shape index (κ2) is 5.83. The van der Waals surface area contributed by atoms with Gasteiger partial charge >= 0.3 is 0 Å². The third-order valence-corrected chi connectivity index (χ3v) is 2.27. The Balaban J connectivity index is 2.91. The van der Waals surface area contributed by atoms with E-state index in [-0.39, 0.29) is 0 Å². The summed E-state index contributed by atoms with van der Waals surface area (Å²) >= 11 is 0. The molecule has 0 unspecified atom stereocenters. The molecule has 0 aliphatic carbocycles. The van der Waals surface area contributed by atoms with Gasteiger partial charge in [-0.05, 0) is 24.7 Å². The second-order valence-electron chi connectivity index (χ2n) is 5.01. The zero-order valence-electron chi connectivity index (χ0n) is 10.9. The van der Waals surface area contributed by atoms with Gasteiger partial charge in [0.05, 0.1) is 19.0 Å². The minimum absolute atomic E-state index is 0.567. The van der Waals surface area contributed by atoms with E-state index < -0.39 is 0 Å². The molecular formula is C13H22N2O. The molecule has 0 aromatic carbocycles. The fourth-order valence-electron chi connectivity index (χ4n) is 1.66. The normalized spacial score (nSPS) is 11.2. The third-order valence-electron chi connectivity index (χ3n) is 2.27. The Hall–Kier alpha value is -1.12. The van der Waals surface area contributed by atoms with Crippen LogP contribution in [0.15, 0.2) is 6.20 Å². The van der Waals surface area contributed by atoms with Gasteiger partial charge in [-0.2, -0.15) is 0 Å². The average molecular weight is 222 g/mol. The van der Waals surface area contributed by atoms with Crippen LogP contribution in [-0.4, -0.2) is 17.1 Å². The van der Waals surface area contributed by atoms with Crippen molar-refractivity contribution in [3.8, 4) is 5.88 Å². The summed E-state index contributed by atoms with van der Waals surface area (Å²) in [6.07, 6.45) is 3.72. The summed E-state index contributed by atoms with van der Waals surface area (Å²) in [7, 11) is 1.65. The second-order valence-corrected chi connectivity index (χ2v) is 5.01. The largest absolute Gasteiger partial charge is 0.480 e. The van der Waals surface area contributed by atoms with Crippen molar-refractivity contribution in [3.05, 3.63) is 17.6 Å². The number of rotatable bonds is 5. The Morgan fingerprint density at radius 1 is 1.12 bits per heavy atom. The minimum atomic E-state index is 0.567. The molecule has 1 aromatic heterocycles. The summed E-state index contributed by atoms with van der Waals surface area (Å²) in [5.74, 6) is 1.84. The van der Waals surface area contributed by atoms with Crippen molar-refractivity contribution in [2.24, 2.45) is 11.8 Å². The smallest absolute Gasteiger partial charge is 0.235 e. The summed E-state index contributed by atoms with van der Waals surface area (Å²) in [5.41, 5.74) is 2.04. The highest BCUT2D eigenvalue weighted by Gasteiger charge is 2.10. The standard InChI is InChI=1S/C13H22N2O/c1-9(2)6-11-8-14-13(16-5)12(15-11)7-10(3)4/h8-10H,6-7H2,1-5H3.